The second-order valence-corrected chi connectivity index (χ2v) is 7.40. The maximum Gasteiger partial charge on any atom is 0.351 e. The smallest absolute Gasteiger partial charge is 0.351 e. The van der Waals surface area contributed by atoms with Crippen LogP contribution in [-0.4, -0.2) is 16.7 Å². The van der Waals surface area contributed by atoms with E-state index in [1.807, 2.05) is 55.8 Å². The van der Waals surface area contributed by atoms with Gasteiger partial charge in [0.1, 0.15) is 6.61 Å². The summed E-state index contributed by atoms with van der Waals surface area (Å²) in [7, 11) is 1.68. The minimum atomic E-state index is -0.215. The molecule has 0 unspecified atom stereocenters. The van der Waals surface area contributed by atoms with Crippen LogP contribution in [0.3, 0.4) is 0 Å². The summed E-state index contributed by atoms with van der Waals surface area (Å²) >= 11 is 0. The molecule has 0 aliphatic heterocycles. The molecular formula is C25H40N2O3. The molecule has 0 bridgehead atoms. The summed E-state index contributed by atoms with van der Waals surface area (Å²) in [6.07, 6.45) is 8.47. The third-order valence-electron chi connectivity index (χ3n) is 4.97. The van der Waals surface area contributed by atoms with Crippen molar-refractivity contribution in [3.8, 4) is 5.88 Å². The fourth-order valence-electron chi connectivity index (χ4n) is 3.31. The highest BCUT2D eigenvalue weighted by Gasteiger charge is 2.15. The topological polar surface area (TPSA) is 53.4 Å². The number of benzene rings is 1. The van der Waals surface area contributed by atoms with Crippen LogP contribution in [0.15, 0.2) is 35.3 Å². The molecule has 30 heavy (non-hydrogen) atoms. The summed E-state index contributed by atoms with van der Waals surface area (Å²) in [4.78, 5) is 16.9. The first-order chi connectivity index (χ1) is 14.6. The average Bonchev–Trinajstić information content (AvgIpc) is 2.77. The molecule has 2 rings (SSSR count). The molecule has 1 aromatic heterocycles. The average molecular weight is 417 g/mol. The largest absolute Gasteiger partial charge is 0.472 e. The molecule has 0 spiro atoms. The predicted molar refractivity (Wildman–Crippen MR) is 124 cm³/mol. The number of methoxy groups -OCH3 is 1. The van der Waals surface area contributed by atoms with Crippen LogP contribution < -0.4 is 10.4 Å². The van der Waals surface area contributed by atoms with Gasteiger partial charge in [-0.05, 0) is 30.9 Å². The van der Waals surface area contributed by atoms with Crippen LogP contribution >= 0.6 is 0 Å². The van der Waals surface area contributed by atoms with E-state index in [0.29, 0.717) is 19.1 Å². The first kappa shape index (κ1) is 25.9. The van der Waals surface area contributed by atoms with E-state index in [1.54, 1.807) is 7.11 Å². The van der Waals surface area contributed by atoms with Gasteiger partial charge in [0.25, 0.3) is 0 Å². The quantitative estimate of drug-likeness (QED) is 0.412. The van der Waals surface area contributed by atoms with E-state index in [2.05, 4.69) is 18.8 Å². The lowest BCUT2D eigenvalue weighted by molar-refractivity contribution is 0.185. The third kappa shape index (κ3) is 8.31. The van der Waals surface area contributed by atoms with Crippen molar-refractivity contribution in [3.63, 3.8) is 0 Å². The molecule has 0 amide bonds. The molecule has 1 aromatic carbocycles. The standard InChI is InChI=1S/C23H34N2O3.C2H6/c1-5-7-9-21(10-8-6-2)25-15-18(3)22(24-23(25)26)28-17-20-13-11-19(12-14-20)16-27-4;1-2/h11-15,21H,5-10,16-17H2,1-4H3;1-2H3. The van der Waals surface area contributed by atoms with Gasteiger partial charge in [-0.15, -0.1) is 0 Å². The van der Waals surface area contributed by atoms with Crippen molar-refractivity contribution in [3.05, 3.63) is 57.6 Å². The van der Waals surface area contributed by atoms with Gasteiger partial charge in [0.2, 0.25) is 5.88 Å². The number of aromatic nitrogens is 2. The van der Waals surface area contributed by atoms with Gasteiger partial charge in [-0.25, -0.2) is 4.79 Å². The Morgan fingerprint density at radius 2 is 1.50 bits per heavy atom. The zero-order chi connectivity index (χ0) is 22.4. The molecule has 0 aliphatic carbocycles. The maximum atomic E-state index is 12.6. The summed E-state index contributed by atoms with van der Waals surface area (Å²) in [5.74, 6) is 0.423. The van der Waals surface area contributed by atoms with E-state index in [9.17, 15) is 4.79 Å². The van der Waals surface area contributed by atoms with E-state index < -0.39 is 0 Å². The molecule has 5 nitrogen and oxygen atoms in total. The van der Waals surface area contributed by atoms with Crippen LogP contribution in [0.1, 0.15) is 89.0 Å². The number of rotatable bonds is 12. The first-order valence-corrected chi connectivity index (χ1v) is 11.4. The van der Waals surface area contributed by atoms with Crippen molar-refractivity contribution in [2.75, 3.05) is 7.11 Å². The van der Waals surface area contributed by atoms with Gasteiger partial charge in [-0.3, -0.25) is 4.57 Å². The Kier molecular flexibility index (Phi) is 12.8. The monoisotopic (exact) mass is 416 g/mol. The van der Waals surface area contributed by atoms with Crippen LogP contribution in [0.4, 0.5) is 0 Å². The lowest BCUT2D eigenvalue weighted by Crippen LogP contribution is -2.28. The van der Waals surface area contributed by atoms with Crippen molar-refractivity contribution >= 4 is 0 Å². The molecule has 0 saturated heterocycles. The summed E-state index contributed by atoms with van der Waals surface area (Å²) in [5.41, 5.74) is 2.84. The lowest BCUT2D eigenvalue weighted by atomic mass is 10.0. The van der Waals surface area contributed by atoms with Crippen molar-refractivity contribution in [2.24, 2.45) is 0 Å². The van der Waals surface area contributed by atoms with Crippen molar-refractivity contribution in [1.29, 1.82) is 0 Å². The molecule has 1 heterocycles. The van der Waals surface area contributed by atoms with Gasteiger partial charge in [-0.2, -0.15) is 4.98 Å². The summed E-state index contributed by atoms with van der Waals surface area (Å²) in [5, 5.41) is 0. The number of hydrogen-bond acceptors (Lipinski definition) is 4. The van der Waals surface area contributed by atoms with Crippen LogP contribution in [0.25, 0.3) is 0 Å². The van der Waals surface area contributed by atoms with E-state index in [4.69, 9.17) is 9.47 Å². The molecule has 0 aliphatic rings. The minimum Gasteiger partial charge on any atom is -0.472 e. The minimum absolute atomic E-state index is 0.215. The molecule has 2 aromatic rings. The van der Waals surface area contributed by atoms with Gasteiger partial charge in [0.05, 0.1) is 6.61 Å². The molecule has 0 N–H and O–H groups in total. The van der Waals surface area contributed by atoms with Gasteiger partial charge >= 0.3 is 5.69 Å². The lowest BCUT2D eigenvalue weighted by Gasteiger charge is -2.20. The van der Waals surface area contributed by atoms with Gasteiger partial charge < -0.3 is 9.47 Å². The zero-order valence-electron chi connectivity index (χ0n) is 19.7. The van der Waals surface area contributed by atoms with Gasteiger partial charge in [-0.1, -0.05) is 77.6 Å². The Bertz CT molecular complexity index is 761. The number of nitrogens with zero attached hydrogens (tertiary/aromatic N) is 2. The van der Waals surface area contributed by atoms with Gasteiger partial charge in [0, 0.05) is 24.9 Å². The fourth-order valence-corrected chi connectivity index (χ4v) is 3.31. The second kappa shape index (κ2) is 14.8. The SMILES string of the molecule is CC.CCCCC(CCCC)n1cc(C)c(OCc2ccc(COC)cc2)nc1=O. The maximum absolute atomic E-state index is 12.6. The number of hydrogen-bond donors (Lipinski definition) is 0. The Balaban J connectivity index is 0.00000218. The first-order valence-electron chi connectivity index (χ1n) is 11.4. The zero-order valence-corrected chi connectivity index (χ0v) is 19.7. The molecule has 0 radical (unpaired) electrons. The van der Waals surface area contributed by atoms with Crippen molar-refractivity contribution in [1.82, 2.24) is 9.55 Å². The van der Waals surface area contributed by atoms with Crippen LogP contribution in [-0.2, 0) is 18.0 Å². The highest BCUT2D eigenvalue weighted by atomic mass is 16.5. The third-order valence-corrected chi connectivity index (χ3v) is 4.97. The summed E-state index contributed by atoms with van der Waals surface area (Å²) in [6.45, 7) is 11.3. The molecule has 0 atom stereocenters. The number of unbranched alkanes of at least 4 members (excludes halogenated alkanes) is 2. The summed E-state index contributed by atoms with van der Waals surface area (Å²) in [6, 6.07) is 8.28. The van der Waals surface area contributed by atoms with Crippen LogP contribution in [0, 0.1) is 6.92 Å². The fraction of sp³-hybridized carbons (Fsp3) is 0.600. The molecule has 0 fully saturated rings. The molecule has 5 heteroatoms. The van der Waals surface area contributed by atoms with E-state index in [0.717, 1.165) is 55.2 Å². The Morgan fingerprint density at radius 1 is 0.967 bits per heavy atom. The van der Waals surface area contributed by atoms with Crippen molar-refractivity contribution in [2.45, 2.75) is 92.4 Å². The van der Waals surface area contributed by atoms with Crippen molar-refractivity contribution < 1.29 is 9.47 Å². The van der Waals surface area contributed by atoms with Crippen LogP contribution in [0.2, 0.25) is 0 Å². The predicted octanol–water partition coefficient (Wildman–Crippen LogP) is 6.22. The highest BCUT2D eigenvalue weighted by Crippen LogP contribution is 2.22. The molecular weight excluding hydrogens is 376 g/mol. The van der Waals surface area contributed by atoms with E-state index >= 15 is 0 Å². The Labute approximate surface area is 182 Å². The summed E-state index contributed by atoms with van der Waals surface area (Å²) < 4.78 is 12.8. The van der Waals surface area contributed by atoms with Crippen LogP contribution in [0.5, 0.6) is 5.88 Å². The number of aryl methyl sites for hydroxylation is 1. The molecule has 0 saturated carbocycles. The Morgan fingerprint density at radius 3 is 2.00 bits per heavy atom. The highest BCUT2D eigenvalue weighted by molar-refractivity contribution is 5.24. The van der Waals surface area contributed by atoms with E-state index in [-0.39, 0.29) is 11.7 Å². The van der Waals surface area contributed by atoms with Gasteiger partial charge in [0.15, 0.2) is 0 Å². The second-order valence-electron chi connectivity index (χ2n) is 7.40. The number of ether oxygens (including phenoxy) is 2. The normalized spacial score (nSPS) is 10.6. The molecule has 168 valence electrons. The van der Waals surface area contributed by atoms with E-state index in [1.165, 1.54) is 0 Å². The Hall–Kier alpha value is -2.14.